The Labute approximate surface area is 158 Å². The van der Waals surface area contributed by atoms with E-state index < -0.39 is 17.8 Å². The number of H-pyrrole nitrogens is 1. The van der Waals surface area contributed by atoms with Crippen LogP contribution < -0.4 is 5.73 Å². The zero-order valence-corrected chi connectivity index (χ0v) is 14.9. The summed E-state index contributed by atoms with van der Waals surface area (Å²) in [7, 11) is 0. The number of nitrogens with zero attached hydrogens (tertiary/aromatic N) is 3. The summed E-state index contributed by atoms with van der Waals surface area (Å²) in [5.74, 6) is -0.668. The quantitative estimate of drug-likeness (QED) is 0.533. The van der Waals surface area contributed by atoms with E-state index in [2.05, 4.69) is 15.1 Å². The fourth-order valence-corrected chi connectivity index (χ4v) is 3.60. The number of para-hydroxylation sites is 1. The molecular formula is C19H18F3N5O. The summed E-state index contributed by atoms with van der Waals surface area (Å²) in [4.78, 5) is 19.2. The monoisotopic (exact) mass is 389 g/mol. The van der Waals surface area contributed by atoms with E-state index in [0.29, 0.717) is 30.7 Å². The van der Waals surface area contributed by atoms with Gasteiger partial charge in [-0.05, 0) is 37.8 Å². The molecule has 3 N–H and O–H groups in total. The summed E-state index contributed by atoms with van der Waals surface area (Å²) in [5, 5.41) is 4.59. The summed E-state index contributed by atoms with van der Waals surface area (Å²) in [6.07, 6.45) is -2.31. The van der Waals surface area contributed by atoms with Crippen molar-refractivity contribution in [2.75, 3.05) is 0 Å². The maximum absolute atomic E-state index is 13.2. The van der Waals surface area contributed by atoms with E-state index in [4.69, 9.17) is 5.73 Å². The van der Waals surface area contributed by atoms with Crippen molar-refractivity contribution in [3.05, 3.63) is 53.0 Å². The van der Waals surface area contributed by atoms with E-state index in [1.165, 1.54) is 0 Å². The van der Waals surface area contributed by atoms with Crippen molar-refractivity contribution in [1.29, 1.82) is 0 Å². The van der Waals surface area contributed by atoms with Gasteiger partial charge in [-0.1, -0.05) is 18.2 Å². The van der Waals surface area contributed by atoms with Gasteiger partial charge in [0, 0.05) is 22.2 Å². The van der Waals surface area contributed by atoms with Crippen LogP contribution in [0.2, 0.25) is 0 Å². The van der Waals surface area contributed by atoms with Crippen LogP contribution in [0.1, 0.15) is 35.5 Å². The molecule has 3 aromatic rings. The molecule has 6 nitrogen and oxygen atoms in total. The summed E-state index contributed by atoms with van der Waals surface area (Å²) < 4.78 is 40.9. The van der Waals surface area contributed by atoms with E-state index in [1.54, 1.807) is 6.07 Å². The van der Waals surface area contributed by atoms with Crippen molar-refractivity contribution in [3.63, 3.8) is 0 Å². The Morgan fingerprint density at radius 3 is 2.75 bits per heavy atom. The molecule has 1 aliphatic rings. The van der Waals surface area contributed by atoms with Crippen LogP contribution in [-0.2, 0) is 30.4 Å². The Hall–Kier alpha value is -3.10. The molecule has 0 unspecified atom stereocenters. The van der Waals surface area contributed by atoms with Gasteiger partial charge in [-0.25, -0.2) is 0 Å². The van der Waals surface area contributed by atoms with Crippen molar-refractivity contribution in [3.8, 4) is 0 Å². The van der Waals surface area contributed by atoms with Crippen LogP contribution in [0, 0.1) is 0 Å². The van der Waals surface area contributed by atoms with Gasteiger partial charge in [-0.15, -0.1) is 0 Å². The first-order valence-electron chi connectivity index (χ1n) is 8.94. The standard InChI is InChI=1S/C19H18F3N5O/c20-19(21,22)17-12-6-2-4-8-15(12)27(26-17)10-16(28)25-18(23)14-9-11-5-1-3-7-13(11)24-14/h1,3,5,7,9,24H,2,4,6,8,10H2,(H2,23,25,28). The van der Waals surface area contributed by atoms with E-state index in [1.807, 2.05) is 24.3 Å². The minimum absolute atomic E-state index is 0.0155. The molecule has 4 rings (SSSR count). The molecule has 146 valence electrons. The van der Waals surface area contributed by atoms with Crippen LogP contribution in [0.25, 0.3) is 10.9 Å². The maximum atomic E-state index is 13.2. The highest BCUT2D eigenvalue weighted by Crippen LogP contribution is 2.35. The number of nitrogens with two attached hydrogens (primary N) is 1. The van der Waals surface area contributed by atoms with Crippen LogP contribution in [0.15, 0.2) is 35.3 Å². The zero-order valence-electron chi connectivity index (χ0n) is 14.9. The third kappa shape index (κ3) is 3.39. The molecule has 0 bridgehead atoms. The molecular weight excluding hydrogens is 371 g/mol. The van der Waals surface area contributed by atoms with Crippen LogP contribution in [0.5, 0.6) is 0 Å². The van der Waals surface area contributed by atoms with Crippen molar-refractivity contribution < 1.29 is 18.0 Å². The third-order valence-electron chi connectivity index (χ3n) is 4.86. The predicted octanol–water partition coefficient (Wildman–Crippen LogP) is 3.19. The number of nitrogens with one attached hydrogen (secondary N) is 1. The molecule has 0 fully saturated rings. The topological polar surface area (TPSA) is 89.1 Å². The molecule has 1 aromatic carbocycles. The lowest BCUT2D eigenvalue weighted by Gasteiger charge is -2.14. The molecule has 0 radical (unpaired) electrons. The van der Waals surface area contributed by atoms with Gasteiger partial charge in [0.25, 0.3) is 5.91 Å². The smallest absolute Gasteiger partial charge is 0.382 e. The average Bonchev–Trinajstić information content (AvgIpc) is 3.23. The summed E-state index contributed by atoms with van der Waals surface area (Å²) in [5.41, 5.74) is 7.00. The number of fused-ring (bicyclic) bond motifs is 2. The highest BCUT2D eigenvalue weighted by molar-refractivity contribution is 6.05. The SMILES string of the molecule is NC(=NC(=O)Cn1nc(C(F)(F)F)c2c1CCCC2)c1cc2ccccc2[nH]1. The first-order chi connectivity index (χ1) is 13.3. The number of carbonyl (C=O) groups is 1. The number of benzene rings is 1. The molecule has 1 amide bonds. The summed E-state index contributed by atoms with van der Waals surface area (Å²) >= 11 is 0. The number of aliphatic imine (C=N–C) groups is 1. The van der Waals surface area contributed by atoms with E-state index in [9.17, 15) is 18.0 Å². The Bertz CT molecular complexity index is 1040. The predicted molar refractivity (Wildman–Crippen MR) is 97.9 cm³/mol. The Balaban J connectivity index is 1.59. The van der Waals surface area contributed by atoms with E-state index >= 15 is 0 Å². The van der Waals surface area contributed by atoms with Crippen LogP contribution >= 0.6 is 0 Å². The number of hydrogen-bond donors (Lipinski definition) is 2. The van der Waals surface area contributed by atoms with Gasteiger partial charge >= 0.3 is 6.18 Å². The molecule has 2 aromatic heterocycles. The summed E-state index contributed by atoms with van der Waals surface area (Å²) in [6.45, 7) is -0.376. The highest BCUT2D eigenvalue weighted by Gasteiger charge is 2.39. The molecule has 1 aliphatic carbocycles. The number of carbonyl (C=O) groups excluding carboxylic acids is 1. The first-order valence-corrected chi connectivity index (χ1v) is 8.94. The Morgan fingerprint density at radius 1 is 1.25 bits per heavy atom. The van der Waals surface area contributed by atoms with Crippen LogP contribution in [0.4, 0.5) is 13.2 Å². The van der Waals surface area contributed by atoms with Gasteiger partial charge in [0.1, 0.15) is 6.54 Å². The van der Waals surface area contributed by atoms with Gasteiger partial charge in [-0.3, -0.25) is 9.48 Å². The third-order valence-corrected chi connectivity index (χ3v) is 4.86. The van der Waals surface area contributed by atoms with Gasteiger partial charge in [0.15, 0.2) is 11.5 Å². The lowest BCUT2D eigenvalue weighted by atomic mass is 9.95. The molecule has 9 heteroatoms. The lowest BCUT2D eigenvalue weighted by molar-refractivity contribution is -0.142. The zero-order chi connectivity index (χ0) is 19.9. The molecule has 2 heterocycles. The number of amidine groups is 1. The Morgan fingerprint density at radius 2 is 2.00 bits per heavy atom. The number of halogens is 3. The van der Waals surface area contributed by atoms with Gasteiger partial charge in [-0.2, -0.15) is 23.3 Å². The maximum Gasteiger partial charge on any atom is 0.435 e. The number of rotatable bonds is 3. The second-order valence-corrected chi connectivity index (χ2v) is 6.80. The molecule has 0 saturated heterocycles. The van der Waals surface area contributed by atoms with Crippen molar-refractivity contribution in [2.45, 2.75) is 38.4 Å². The largest absolute Gasteiger partial charge is 0.435 e. The van der Waals surface area contributed by atoms with Crippen LogP contribution in [0.3, 0.4) is 0 Å². The fraction of sp³-hybridized carbons (Fsp3) is 0.316. The van der Waals surface area contributed by atoms with E-state index in [-0.39, 0.29) is 17.9 Å². The normalized spacial score (nSPS) is 15.0. The minimum atomic E-state index is -4.54. The number of alkyl halides is 3. The number of aromatic nitrogens is 3. The minimum Gasteiger partial charge on any atom is -0.382 e. The van der Waals surface area contributed by atoms with Gasteiger partial charge in [0.2, 0.25) is 0 Å². The molecule has 0 saturated carbocycles. The second-order valence-electron chi connectivity index (χ2n) is 6.80. The lowest BCUT2D eigenvalue weighted by Crippen LogP contribution is -2.20. The van der Waals surface area contributed by atoms with Gasteiger partial charge < -0.3 is 10.7 Å². The molecule has 0 atom stereocenters. The second kappa shape index (κ2) is 6.81. The summed E-state index contributed by atoms with van der Waals surface area (Å²) in [6, 6.07) is 9.25. The fourth-order valence-electron chi connectivity index (χ4n) is 3.60. The number of hydrogen-bond acceptors (Lipinski definition) is 2. The molecule has 0 spiro atoms. The average molecular weight is 389 g/mol. The number of amides is 1. The molecule has 0 aliphatic heterocycles. The van der Waals surface area contributed by atoms with Crippen molar-refractivity contribution >= 4 is 22.6 Å². The first kappa shape index (κ1) is 18.3. The number of aromatic amines is 1. The highest BCUT2D eigenvalue weighted by atomic mass is 19.4. The van der Waals surface area contributed by atoms with Crippen molar-refractivity contribution in [1.82, 2.24) is 14.8 Å². The van der Waals surface area contributed by atoms with Gasteiger partial charge in [0.05, 0.1) is 5.69 Å². The molecule has 28 heavy (non-hydrogen) atoms. The van der Waals surface area contributed by atoms with E-state index in [0.717, 1.165) is 22.0 Å². The van der Waals surface area contributed by atoms with Crippen molar-refractivity contribution in [2.24, 2.45) is 10.7 Å². The van der Waals surface area contributed by atoms with Crippen LogP contribution in [-0.4, -0.2) is 26.5 Å². The Kier molecular flexibility index (Phi) is 4.44.